The summed E-state index contributed by atoms with van der Waals surface area (Å²) in [4.78, 5) is 0. The van der Waals surface area contributed by atoms with Gasteiger partial charge in [0, 0.05) is 21.9 Å². The highest BCUT2D eigenvalue weighted by Gasteiger charge is 2.30. The van der Waals surface area contributed by atoms with Crippen LogP contribution in [-0.4, -0.2) is 16.1 Å². The van der Waals surface area contributed by atoms with E-state index in [1.807, 2.05) is 0 Å². The third kappa shape index (κ3) is 4.64. The summed E-state index contributed by atoms with van der Waals surface area (Å²) in [6.07, 6.45) is 0. The average molecular weight is 779 g/mol. The predicted octanol–water partition coefficient (Wildman–Crippen LogP) is 14.9. The fourth-order valence-electron chi connectivity index (χ4n) is 10.3. The van der Waals surface area contributed by atoms with Crippen LogP contribution in [0.15, 0.2) is 146 Å². The number of para-hydroxylation sites is 2. The Kier molecular flexibility index (Phi) is 6.83. The number of hydrogen-bond acceptors (Lipinski definition) is 2. The van der Waals surface area contributed by atoms with Crippen LogP contribution in [0, 0.1) is 0 Å². The van der Waals surface area contributed by atoms with Crippen molar-refractivity contribution in [2.75, 3.05) is 0 Å². The molecule has 2 aliphatic rings. The Hall–Kier alpha value is -6.21. The van der Waals surface area contributed by atoms with Crippen molar-refractivity contribution in [3.63, 3.8) is 0 Å². The van der Waals surface area contributed by atoms with Crippen molar-refractivity contribution in [1.82, 2.24) is 0 Å². The van der Waals surface area contributed by atoms with E-state index in [1.165, 1.54) is 97.6 Å². The molecule has 12 rings (SSSR count). The Morgan fingerprint density at radius 2 is 0.638 bits per heavy atom. The molecule has 0 amide bonds. The van der Waals surface area contributed by atoms with Gasteiger partial charge in [-0.15, -0.1) is 0 Å². The van der Waals surface area contributed by atoms with Crippen LogP contribution in [0.3, 0.4) is 0 Å². The third-order valence-electron chi connectivity index (χ3n) is 12.9. The van der Waals surface area contributed by atoms with E-state index in [-0.39, 0.29) is 0 Å². The first kappa shape index (κ1) is 33.9. The maximum atomic E-state index is 6.57. The molecule has 0 bridgehead atoms. The van der Waals surface area contributed by atoms with Gasteiger partial charge >= 0.3 is 0 Å². The molecule has 2 nitrogen and oxygen atoms in total. The molecule has 58 heavy (non-hydrogen) atoms. The van der Waals surface area contributed by atoms with Crippen LogP contribution >= 0.6 is 0 Å². The molecule has 0 radical (unpaired) electrons. The van der Waals surface area contributed by atoms with Gasteiger partial charge in [0.25, 0.3) is 0 Å². The lowest BCUT2D eigenvalue weighted by molar-refractivity contribution is 0.487. The monoisotopic (exact) mass is 778 g/mol. The van der Waals surface area contributed by atoms with Crippen molar-refractivity contribution >= 4 is 80.4 Å². The van der Waals surface area contributed by atoms with E-state index >= 15 is 0 Å². The SMILES string of the molecule is C[Si](C)(C)c1cc(-c2ccc3c4c(cccc24)Oc2ccccc2-3)c2ccc3c([Si](C)(C)C)cc(-c4ccc5c6c(cccc46)Oc4ccccc4-5)c4ccc1c2c43. The molecule has 10 aromatic carbocycles. The van der Waals surface area contributed by atoms with Crippen LogP contribution in [0.4, 0.5) is 0 Å². The molecule has 0 fully saturated rings. The number of rotatable bonds is 4. The Morgan fingerprint density at radius 3 is 1.07 bits per heavy atom. The van der Waals surface area contributed by atoms with Crippen LogP contribution in [0.25, 0.3) is 98.4 Å². The standard InChI is InChI=1S/C54H42O2Si2/c1-57(2,3)49-29-43(31-21-23-37-33-13-7-9-17-45(33)55-47-19-11-15-35(31)51(37)47)39-26-28-42-50(58(4,5)6)30-44(40-25-27-41(49)53(39)54(40)42)32-22-24-38-34-14-8-10-18-46(34)56-48-20-12-16-36(32)52(38)48/h7-30H,1-6H3. The van der Waals surface area contributed by atoms with E-state index in [1.54, 1.807) is 0 Å². The van der Waals surface area contributed by atoms with Crippen molar-refractivity contribution in [2.24, 2.45) is 0 Å². The minimum absolute atomic E-state index is 0.918. The number of benzene rings is 10. The predicted molar refractivity (Wildman–Crippen MR) is 253 cm³/mol. The molecule has 278 valence electrons. The third-order valence-corrected chi connectivity index (χ3v) is 17.0. The van der Waals surface area contributed by atoms with Crippen molar-refractivity contribution in [3.05, 3.63) is 146 Å². The Bertz CT molecular complexity index is 3190. The molecule has 0 spiro atoms. The largest absolute Gasteiger partial charge is 0.456 e. The van der Waals surface area contributed by atoms with Gasteiger partial charge in [-0.2, -0.15) is 0 Å². The van der Waals surface area contributed by atoms with E-state index in [2.05, 4.69) is 185 Å². The van der Waals surface area contributed by atoms with Crippen molar-refractivity contribution in [2.45, 2.75) is 39.3 Å². The maximum Gasteiger partial charge on any atom is 0.135 e. The summed E-state index contributed by atoms with van der Waals surface area (Å²) in [6, 6.07) is 54.3. The van der Waals surface area contributed by atoms with Gasteiger partial charge in [0.05, 0.1) is 16.1 Å². The molecule has 2 heterocycles. The van der Waals surface area contributed by atoms with Gasteiger partial charge in [0.2, 0.25) is 0 Å². The van der Waals surface area contributed by atoms with Gasteiger partial charge in [-0.3, -0.25) is 0 Å². The summed E-state index contributed by atoms with van der Waals surface area (Å²) in [7, 11) is -3.71. The lowest BCUT2D eigenvalue weighted by atomic mass is 9.84. The molecular weight excluding hydrogens is 737 g/mol. The topological polar surface area (TPSA) is 18.5 Å². The molecule has 0 saturated carbocycles. The Labute approximate surface area is 340 Å². The molecule has 0 saturated heterocycles. The minimum atomic E-state index is -1.86. The maximum absolute atomic E-state index is 6.57. The van der Waals surface area contributed by atoms with Crippen LogP contribution in [-0.2, 0) is 0 Å². The molecule has 2 aliphatic heterocycles. The van der Waals surface area contributed by atoms with E-state index in [4.69, 9.17) is 9.47 Å². The van der Waals surface area contributed by atoms with Crippen LogP contribution in [0.2, 0.25) is 39.3 Å². The van der Waals surface area contributed by atoms with E-state index in [0.29, 0.717) is 0 Å². The summed E-state index contributed by atoms with van der Waals surface area (Å²) in [6.45, 7) is 15.0. The molecular formula is C54H42O2Si2. The van der Waals surface area contributed by atoms with Gasteiger partial charge in [-0.05, 0) is 101 Å². The summed E-state index contributed by atoms with van der Waals surface area (Å²) < 4.78 is 13.1. The van der Waals surface area contributed by atoms with E-state index < -0.39 is 16.1 Å². The van der Waals surface area contributed by atoms with Crippen molar-refractivity contribution in [1.29, 1.82) is 0 Å². The normalized spacial score (nSPS) is 13.3. The summed E-state index contributed by atoms with van der Waals surface area (Å²) in [5.74, 6) is 3.69. The first-order valence-electron chi connectivity index (χ1n) is 20.5. The van der Waals surface area contributed by atoms with Gasteiger partial charge < -0.3 is 9.47 Å². The zero-order chi connectivity index (χ0) is 39.2. The van der Waals surface area contributed by atoms with Crippen molar-refractivity contribution in [3.8, 4) is 67.5 Å². The molecule has 10 aromatic rings. The molecule has 0 aromatic heterocycles. The molecule has 0 unspecified atom stereocenters. The highest BCUT2D eigenvalue weighted by molar-refractivity contribution is 6.91. The van der Waals surface area contributed by atoms with E-state index in [9.17, 15) is 0 Å². The van der Waals surface area contributed by atoms with Crippen LogP contribution in [0.1, 0.15) is 0 Å². The second-order valence-corrected chi connectivity index (χ2v) is 28.5. The summed E-state index contributed by atoms with van der Waals surface area (Å²) >= 11 is 0. The first-order chi connectivity index (χ1) is 28.0. The summed E-state index contributed by atoms with van der Waals surface area (Å²) in [5.41, 5.74) is 9.90. The van der Waals surface area contributed by atoms with Crippen LogP contribution in [0.5, 0.6) is 23.0 Å². The lowest BCUT2D eigenvalue weighted by Crippen LogP contribution is -2.39. The Morgan fingerprint density at radius 1 is 0.276 bits per heavy atom. The van der Waals surface area contributed by atoms with Crippen LogP contribution < -0.4 is 19.8 Å². The van der Waals surface area contributed by atoms with Gasteiger partial charge in [-0.25, -0.2) is 0 Å². The Balaban J connectivity index is 1.20. The summed E-state index contributed by atoms with van der Waals surface area (Å²) in [5, 5.41) is 16.1. The molecule has 0 atom stereocenters. The van der Waals surface area contributed by atoms with Crippen molar-refractivity contribution < 1.29 is 9.47 Å². The van der Waals surface area contributed by atoms with Gasteiger partial charge in [0.1, 0.15) is 23.0 Å². The first-order valence-corrected chi connectivity index (χ1v) is 27.5. The molecule has 0 N–H and O–H groups in total. The fraction of sp³-hybridized carbons (Fsp3) is 0.111. The minimum Gasteiger partial charge on any atom is -0.456 e. The number of ether oxygens (including phenoxy) is 2. The molecule has 0 aliphatic carbocycles. The lowest BCUT2D eigenvalue weighted by Gasteiger charge is -2.28. The second-order valence-electron chi connectivity index (χ2n) is 18.4. The second kappa shape index (κ2) is 11.7. The number of hydrogen-bond donors (Lipinski definition) is 0. The quantitative estimate of drug-likeness (QED) is 0.131. The van der Waals surface area contributed by atoms with Gasteiger partial charge in [0.15, 0.2) is 0 Å². The van der Waals surface area contributed by atoms with E-state index in [0.717, 1.165) is 34.1 Å². The number of fused-ring (bicyclic) bond motifs is 4. The highest BCUT2D eigenvalue weighted by atomic mass is 28.3. The smallest absolute Gasteiger partial charge is 0.135 e. The zero-order valence-electron chi connectivity index (χ0n) is 33.7. The zero-order valence-corrected chi connectivity index (χ0v) is 35.7. The van der Waals surface area contributed by atoms with Gasteiger partial charge in [-0.1, -0.05) is 171 Å². The fourth-order valence-corrected chi connectivity index (χ4v) is 13.5. The molecule has 4 heteroatoms. The average Bonchev–Trinajstić information content (AvgIpc) is 3.22. The highest BCUT2D eigenvalue weighted by Crippen LogP contribution is 2.52.